The van der Waals surface area contributed by atoms with Crippen LogP contribution in [-0.2, 0) is 13.0 Å². The minimum absolute atomic E-state index is 0.608. The first kappa shape index (κ1) is 14.3. The van der Waals surface area contributed by atoms with Crippen molar-refractivity contribution in [3.05, 3.63) is 47.5 Å². The van der Waals surface area contributed by atoms with Crippen LogP contribution in [-0.4, -0.2) is 39.3 Å². The standard InChI is InChI=1S/C17H24N4/c1-14-18-17(12-16-10-6-7-11-20(16)2)21(19-14)13-15-8-4-3-5-9-15/h3-5,8-9,16H,6-7,10-13H2,1-2H3/t16-/m1/s1. The SMILES string of the molecule is Cc1nc(C[C@H]2CCCCN2C)n(Cc2ccccc2)n1. The summed E-state index contributed by atoms with van der Waals surface area (Å²) in [6.45, 7) is 4.00. The number of aryl methyl sites for hydroxylation is 1. The van der Waals surface area contributed by atoms with Crippen molar-refractivity contribution in [2.45, 2.75) is 45.2 Å². The zero-order chi connectivity index (χ0) is 14.7. The maximum Gasteiger partial charge on any atom is 0.147 e. The number of hydrogen-bond acceptors (Lipinski definition) is 3. The molecule has 0 aliphatic carbocycles. The molecule has 2 heterocycles. The minimum Gasteiger partial charge on any atom is -0.303 e. The van der Waals surface area contributed by atoms with Crippen molar-refractivity contribution in [3.8, 4) is 0 Å². The number of aromatic nitrogens is 3. The summed E-state index contributed by atoms with van der Waals surface area (Å²) in [5, 5.41) is 4.58. The highest BCUT2D eigenvalue weighted by molar-refractivity contribution is 5.15. The maximum atomic E-state index is 4.66. The highest BCUT2D eigenvalue weighted by Crippen LogP contribution is 2.19. The van der Waals surface area contributed by atoms with Crippen molar-refractivity contribution in [1.29, 1.82) is 0 Å². The van der Waals surface area contributed by atoms with Gasteiger partial charge in [-0.1, -0.05) is 36.8 Å². The lowest BCUT2D eigenvalue weighted by Crippen LogP contribution is -2.38. The van der Waals surface area contributed by atoms with E-state index in [2.05, 4.69) is 51.0 Å². The van der Waals surface area contributed by atoms with E-state index in [1.807, 2.05) is 13.0 Å². The Labute approximate surface area is 126 Å². The molecule has 1 fully saturated rings. The molecule has 0 radical (unpaired) electrons. The van der Waals surface area contributed by atoms with Crippen LogP contribution in [0.3, 0.4) is 0 Å². The molecule has 0 bridgehead atoms. The van der Waals surface area contributed by atoms with E-state index in [1.54, 1.807) is 0 Å². The summed E-state index contributed by atoms with van der Waals surface area (Å²) in [5.74, 6) is 1.99. The van der Waals surface area contributed by atoms with Gasteiger partial charge in [0.25, 0.3) is 0 Å². The van der Waals surface area contributed by atoms with Gasteiger partial charge < -0.3 is 4.90 Å². The van der Waals surface area contributed by atoms with Crippen molar-refractivity contribution >= 4 is 0 Å². The van der Waals surface area contributed by atoms with Gasteiger partial charge in [-0.2, -0.15) is 5.10 Å². The van der Waals surface area contributed by atoms with E-state index in [0.717, 1.165) is 24.6 Å². The quantitative estimate of drug-likeness (QED) is 0.865. The topological polar surface area (TPSA) is 34.0 Å². The first-order valence-corrected chi connectivity index (χ1v) is 7.87. The molecule has 4 nitrogen and oxygen atoms in total. The molecule has 2 aromatic rings. The predicted octanol–water partition coefficient (Wildman–Crippen LogP) is 2.66. The van der Waals surface area contributed by atoms with Gasteiger partial charge >= 0.3 is 0 Å². The van der Waals surface area contributed by atoms with Gasteiger partial charge in [0.2, 0.25) is 0 Å². The Morgan fingerprint density at radius 1 is 1.19 bits per heavy atom. The van der Waals surface area contributed by atoms with Gasteiger partial charge in [0.1, 0.15) is 11.6 Å². The van der Waals surface area contributed by atoms with Crippen LogP contribution >= 0.6 is 0 Å². The number of benzene rings is 1. The monoisotopic (exact) mass is 284 g/mol. The number of hydrogen-bond donors (Lipinski definition) is 0. The molecule has 1 aromatic heterocycles. The first-order valence-electron chi connectivity index (χ1n) is 7.87. The number of nitrogens with zero attached hydrogens (tertiary/aromatic N) is 4. The van der Waals surface area contributed by atoms with Gasteiger partial charge in [-0.25, -0.2) is 9.67 Å². The molecule has 4 heteroatoms. The fourth-order valence-corrected chi connectivity index (χ4v) is 3.15. The van der Waals surface area contributed by atoms with Crippen molar-refractivity contribution in [1.82, 2.24) is 19.7 Å². The molecule has 3 rings (SSSR count). The second-order valence-corrected chi connectivity index (χ2v) is 6.05. The third kappa shape index (κ3) is 3.50. The first-order chi connectivity index (χ1) is 10.2. The van der Waals surface area contributed by atoms with Crippen molar-refractivity contribution in [2.24, 2.45) is 0 Å². The second-order valence-electron chi connectivity index (χ2n) is 6.05. The summed E-state index contributed by atoms with van der Waals surface area (Å²) in [7, 11) is 2.23. The number of likely N-dealkylation sites (tertiary alicyclic amines) is 1. The van der Waals surface area contributed by atoms with E-state index >= 15 is 0 Å². The largest absolute Gasteiger partial charge is 0.303 e. The summed E-state index contributed by atoms with van der Waals surface area (Å²) in [6.07, 6.45) is 4.93. The summed E-state index contributed by atoms with van der Waals surface area (Å²) in [5.41, 5.74) is 1.28. The van der Waals surface area contributed by atoms with Crippen LogP contribution in [0, 0.1) is 6.92 Å². The van der Waals surface area contributed by atoms with Gasteiger partial charge in [0, 0.05) is 12.5 Å². The lowest BCUT2D eigenvalue weighted by atomic mass is 10.00. The molecule has 1 aliphatic heterocycles. The van der Waals surface area contributed by atoms with Crippen LogP contribution in [0.4, 0.5) is 0 Å². The number of piperidine rings is 1. The van der Waals surface area contributed by atoms with E-state index in [9.17, 15) is 0 Å². The van der Waals surface area contributed by atoms with Crippen LogP contribution in [0.5, 0.6) is 0 Å². The summed E-state index contributed by atoms with van der Waals surface area (Å²) in [4.78, 5) is 7.13. The lowest BCUT2D eigenvalue weighted by Gasteiger charge is -2.32. The van der Waals surface area contributed by atoms with Gasteiger partial charge in [0.05, 0.1) is 6.54 Å². The highest BCUT2D eigenvalue weighted by Gasteiger charge is 2.21. The molecular formula is C17H24N4. The van der Waals surface area contributed by atoms with Crippen LogP contribution in [0.1, 0.15) is 36.5 Å². The maximum absolute atomic E-state index is 4.66. The summed E-state index contributed by atoms with van der Waals surface area (Å²) < 4.78 is 2.08. The molecule has 112 valence electrons. The van der Waals surface area contributed by atoms with Crippen LogP contribution < -0.4 is 0 Å². The van der Waals surface area contributed by atoms with E-state index in [0.29, 0.717) is 6.04 Å². The molecule has 1 atom stereocenters. The number of likely N-dealkylation sites (N-methyl/N-ethyl adjacent to an activating group) is 1. The van der Waals surface area contributed by atoms with E-state index in [1.165, 1.54) is 31.4 Å². The van der Waals surface area contributed by atoms with Crippen molar-refractivity contribution < 1.29 is 0 Å². The van der Waals surface area contributed by atoms with Crippen LogP contribution in [0.25, 0.3) is 0 Å². The molecule has 0 amide bonds. The lowest BCUT2D eigenvalue weighted by molar-refractivity contribution is 0.181. The number of rotatable bonds is 4. The average molecular weight is 284 g/mol. The van der Waals surface area contributed by atoms with Gasteiger partial charge in [-0.15, -0.1) is 0 Å². The fourth-order valence-electron chi connectivity index (χ4n) is 3.15. The van der Waals surface area contributed by atoms with Crippen molar-refractivity contribution in [2.75, 3.05) is 13.6 Å². The highest BCUT2D eigenvalue weighted by atomic mass is 15.3. The summed E-state index contributed by atoms with van der Waals surface area (Å²) in [6, 6.07) is 11.1. The summed E-state index contributed by atoms with van der Waals surface area (Å²) >= 11 is 0. The molecule has 1 aliphatic rings. The Morgan fingerprint density at radius 2 is 2.00 bits per heavy atom. The zero-order valence-electron chi connectivity index (χ0n) is 13.0. The molecule has 0 N–H and O–H groups in total. The van der Waals surface area contributed by atoms with E-state index < -0.39 is 0 Å². The molecule has 0 unspecified atom stereocenters. The fraction of sp³-hybridized carbons (Fsp3) is 0.529. The molecular weight excluding hydrogens is 260 g/mol. The van der Waals surface area contributed by atoms with Gasteiger partial charge in [-0.05, 0) is 38.9 Å². The van der Waals surface area contributed by atoms with Crippen molar-refractivity contribution in [3.63, 3.8) is 0 Å². The minimum atomic E-state index is 0.608. The normalized spacial score (nSPS) is 19.8. The molecule has 0 saturated carbocycles. The molecule has 0 spiro atoms. The van der Waals surface area contributed by atoms with Crippen LogP contribution in [0.15, 0.2) is 30.3 Å². The zero-order valence-corrected chi connectivity index (χ0v) is 13.0. The third-order valence-corrected chi connectivity index (χ3v) is 4.37. The molecule has 1 aromatic carbocycles. The van der Waals surface area contributed by atoms with E-state index in [-0.39, 0.29) is 0 Å². The smallest absolute Gasteiger partial charge is 0.147 e. The molecule has 21 heavy (non-hydrogen) atoms. The Hall–Kier alpha value is -1.68. The Morgan fingerprint density at radius 3 is 2.76 bits per heavy atom. The Balaban J connectivity index is 1.76. The third-order valence-electron chi connectivity index (χ3n) is 4.37. The Bertz CT molecular complexity index is 576. The molecule has 1 saturated heterocycles. The van der Waals surface area contributed by atoms with Crippen LogP contribution in [0.2, 0.25) is 0 Å². The van der Waals surface area contributed by atoms with E-state index in [4.69, 9.17) is 0 Å². The predicted molar refractivity (Wildman–Crippen MR) is 84.3 cm³/mol. The van der Waals surface area contributed by atoms with Gasteiger partial charge in [-0.3, -0.25) is 0 Å². The average Bonchev–Trinajstić information content (AvgIpc) is 2.82. The Kier molecular flexibility index (Phi) is 4.34. The second kappa shape index (κ2) is 6.39. The van der Waals surface area contributed by atoms with Gasteiger partial charge in [0.15, 0.2) is 0 Å².